The van der Waals surface area contributed by atoms with Gasteiger partial charge in [-0.3, -0.25) is 4.79 Å². The number of hydrogen-bond acceptors (Lipinski definition) is 6. The summed E-state index contributed by atoms with van der Waals surface area (Å²) in [5.74, 6) is 0.142. The number of carbonyl (C=O) groups is 1. The van der Waals surface area contributed by atoms with Crippen LogP contribution in [0.3, 0.4) is 0 Å². The molecule has 162 valence electrons. The van der Waals surface area contributed by atoms with Crippen molar-refractivity contribution in [2.45, 2.75) is 33.1 Å². The van der Waals surface area contributed by atoms with E-state index < -0.39 is 0 Å². The Bertz CT molecular complexity index is 1230. The number of rotatable bonds is 4. The molecule has 1 fully saturated rings. The third-order valence-corrected chi connectivity index (χ3v) is 6.13. The standard InChI is InChI=1S/C24H25N7O/c1-17-22(18(2)31-24(28-17)20(15-26)16-27-31)8-9-23(32)30-11-3-10-29(12-13-30)21-6-4-19(14-25)5-7-21/h4-7,16H,3,8-13H2,1-2H3. The minimum atomic E-state index is 0.142. The van der Waals surface area contributed by atoms with E-state index in [1.54, 1.807) is 4.52 Å². The predicted molar refractivity (Wildman–Crippen MR) is 120 cm³/mol. The SMILES string of the molecule is Cc1nc2c(C#N)cnn2c(C)c1CCC(=O)N1CCCN(c2ccc(C#N)cc2)CC1. The van der Waals surface area contributed by atoms with Gasteiger partial charge >= 0.3 is 0 Å². The molecule has 0 N–H and O–H groups in total. The van der Waals surface area contributed by atoms with Gasteiger partial charge in [0.15, 0.2) is 5.65 Å². The average Bonchev–Trinajstić information content (AvgIpc) is 3.05. The van der Waals surface area contributed by atoms with Crippen molar-refractivity contribution in [3.63, 3.8) is 0 Å². The van der Waals surface area contributed by atoms with Crippen LogP contribution in [0.5, 0.6) is 0 Å². The summed E-state index contributed by atoms with van der Waals surface area (Å²) in [7, 11) is 0. The van der Waals surface area contributed by atoms with Crippen molar-refractivity contribution in [3.8, 4) is 12.1 Å². The van der Waals surface area contributed by atoms with Gasteiger partial charge in [-0.1, -0.05) is 0 Å². The highest BCUT2D eigenvalue weighted by molar-refractivity contribution is 5.76. The summed E-state index contributed by atoms with van der Waals surface area (Å²) in [6.45, 7) is 6.95. The van der Waals surface area contributed by atoms with Crippen LogP contribution in [0.25, 0.3) is 5.65 Å². The van der Waals surface area contributed by atoms with Gasteiger partial charge in [-0.05, 0) is 56.5 Å². The van der Waals surface area contributed by atoms with Gasteiger partial charge in [0.2, 0.25) is 5.91 Å². The minimum absolute atomic E-state index is 0.142. The van der Waals surface area contributed by atoms with Crippen molar-refractivity contribution in [1.29, 1.82) is 10.5 Å². The second-order valence-electron chi connectivity index (χ2n) is 8.05. The van der Waals surface area contributed by atoms with Gasteiger partial charge in [-0.25, -0.2) is 9.50 Å². The monoisotopic (exact) mass is 427 g/mol. The molecular formula is C24H25N7O. The Morgan fingerprint density at radius 1 is 1.06 bits per heavy atom. The van der Waals surface area contributed by atoms with Gasteiger partial charge < -0.3 is 9.80 Å². The normalized spacial score (nSPS) is 14.1. The molecular weight excluding hydrogens is 402 g/mol. The highest BCUT2D eigenvalue weighted by atomic mass is 16.2. The zero-order valence-corrected chi connectivity index (χ0v) is 18.4. The Kier molecular flexibility index (Phi) is 6.04. The first-order valence-electron chi connectivity index (χ1n) is 10.8. The van der Waals surface area contributed by atoms with Gasteiger partial charge in [0.1, 0.15) is 11.6 Å². The fourth-order valence-corrected chi connectivity index (χ4v) is 4.31. The summed E-state index contributed by atoms with van der Waals surface area (Å²) in [5.41, 5.74) is 5.51. The van der Waals surface area contributed by atoms with Crippen LogP contribution in [0.15, 0.2) is 30.5 Å². The van der Waals surface area contributed by atoms with E-state index in [2.05, 4.69) is 27.1 Å². The zero-order chi connectivity index (χ0) is 22.7. The van der Waals surface area contributed by atoms with Crippen LogP contribution in [-0.4, -0.2) is 51.6 Å². The Morgan fingerprint density at radius 3 is 2.56 bits per heavy atom. The summed E-state index contributed by atoms with van der Waals surface area (Å²) in [6, 6.07) is 11.9. The Hall–Kier alpha value is -3.91. The minimum Gasteiger partial charge on any atom is -0.370 e. The molecule has 8 nitrogen and oxygen atoms in total. The summed E-state index contributed by atoms with van der Waals surface area (Å²) >= 11 is 0. The maximum atomic E-state index is 13.0. The molecule has 0 atom stereocenters. The molecule has 1 aliphatic rings. The van der Waals surface area contributed by atoms with Gasteiger partial charge in [0.05, 0.1) is 17.8 Å². The molecule has 8 heteroatoms. The number of amides is 1. The smallest absolute Gasteiger partial charge is 0.222 e. The largest absolute Gasteiger partial charge is 0.370 e. The molecule has 0 spiro atoms. The van der Waals surface area contributed by atoms with Gasteiger partial charge in [0.25, 0.3) is 0 Å². The lowest BCUT2D eigenvalue weighted by Crippen LogP contribution is -2.35. The lowest BCUT2D eigenvalue weighted by molar-refractivity contribution is -0.130. The second-order valence-corrected chi connectivity index (χ2v) is 8.05. The Labute approximate surface area is 187 Å². The molecule has 1 aromatic carbocycles. The van der Waals surface area contributed by atoms with Crippen LogP contribution in [0, 0.1) is 36.5 Å². The topological polar surface area (TPSA) is 101 Å². The van der Waals surface area contributed by atoms with Crippen molar-refractivity contribution in [2.24, 2.45) is 0 Å². The molecule has 32 heavy (non-hydrogen) atoms. The highest BCUT2D eigenvalue weighted by Crippen LogP contribution is 2.20. The third kappa shape index (κ3) is 4.13. The van der Waals surface area contributed by atoms with E-state index in [1.807, 2.05) is 43.0 Å². The molecule has 0 saturated carbocycles. The fraction of sp³-hybridized carbons (Fsp3) is 0.375. The number of anilines is 1. The lowest BCUT2D eigenvalue weighted by Gasteiger charge is -2.24. The Balaban J connectivity index is 1.40. The summed E-state index contributed by atoms with van der Waals surface area (Å²) in [4.78, 5) is 21.7. The molecule has 1 amide bonds. The highest BCUT2D eigenvalue weighted by Gasteiger charge is 2.21. The van der Waals surface area contributed by atoms with Gasteiger partial charge in [0, 0.05) is 49.7 Å². The second kappa shape index (κ2) is 9.07. The molecule has 3 heterocycles. The van der Waals surface area contributed by atoms with Crippen LogP contribution in [0.1, 0.15) is 40.9 Å². The van der Waals surface area contributed by atoms with E-state index in [-0.39, 0.29) is 5.91 Å². The quantitative estimate of drug-likeness (QED) is 0.635. The molecule has 0 radical (unpaired) electrons. The van der Waals surface area contributed by atoms with Gasteiger partial charge in [-0.2, -0.15) is 15.6 Å². The predicted octanol–water partition coefficient (Wildman–Crippen LogP) is 2.76. The van der Waals surface area contributed by atoms with E-state index in [4.69, 9.17) is 5.26 Å². The van der Waals surface area contributed by atoms with Gasteiger partial charge in [-0.15, -0.1) is 0 Å². The maximum Gasteiger partial charge on any atom is 0.222 e. The van der Waals surface area contributed by atoms with Crippen molar-refractivity contribution >= 4 is 17.2 Å². The van der Waals surface area contributed by atoms with Crippen LogP contribution in [0.2, 0.25) is 0 Å². The summed E-state index contributed by atoms with van der Waals surface area (Å²) in [6.07, 6.45) is 3.44. The van der Waals surface area contributed by atoms with Crippen LogP contribution in [-0.2, 0) is 11.2 Å². The first kappa shape index (κ1) is 21.3. The molecule has 2 aromatic heterocycles. The maximum absolute atomic E-state index is 13.0. The van der Waals surface area contributed by atoms with E-state index in [0.29, 0.717) is 36.2 Å². The molecule has 3 aromatic rings. The number of benzene rings is 1. The van der Waals surface area contributed by atoms with E-state index >= 15 is 0 Å². The van der Waals surface area contributed by atoms with Crippen LogP contribution >= 0.6 is 0 Å². The number of aromatic nitrogens is 3. The number of nitrogens with zero attached hydrogens (tertiary/aromatic N) is 7. The fourth-order valence-electron chi connectivity index (χ4n) is 4.31. The number of hydrogen-bond donors (Lipinski definition) is 0. The number of fused-ring (bicyclic) bond motifs is 1. The molecule has 0 unspecified atom stereocenters. The molecule has 0 bridgehead atoms. The van der Waals surface area contributed by atoms with Crippen molar-refractivity contribution in [1.82, 2.24) is 19.5 Å². The molecule has 1 aliphatic heterocycles. The van der Waals surface area contributed by atoms with E-state index in [9.17, 15) is 10.1 Å². The Morgan fingerprint density at radius 2 is 1.84 bits per heavy atom. The van der Waals surface area contributed by atoms with Crippen molar-refractivity contribution in [2.75, 3.05) is 31.1 Å². The molecule has 4 rings (SSSR count). The molecule has 0 aliphatic carbocycles. The van der Waals surface area contributed by atoms with Crippen LogP contribution < -0.4 is 4.90 Å². The number of aryl methyl sites for hydroxylation is 2. The lowest BCUT2D eigenvalue weighted by atomic mass is 10.1. The zero-order valence-electron chi connectivity index (χ0n) is 18.4. The summed E-state index contributed by atoms with van der Waals surface area (Å²) in [5, 5.41) is 22.5. The van der Waals surface area contributed by atoms with Crippen molar-refractivity contribution in [3.05, 3.63) is 58.5 Å². The summed E-state index contributed by atoms with van der Waals surface area (Å²) < 4.78 is 1.69. The first-order chi connectivity index (χ1) is 15.5. The number of carbonyl (C=O) groups excluding carboxylic acids is 1. The van der Waals surface area contributed by atoms with E-state index in [0.717, 1.165) is 48.7 Å². The average molecular weight is 428 g/mol. The number of nitriles is 2. The van der Waals surface area contributed by atoms with Crippen LogP contribution in [0.4, 0.5) is 5.69 Å². The van der Waals surface area contributed by atoms with Crippen molar-refractivity contribution < 1.29 is 4.79 Å². The first-order valence-corrected chi connectivity index (χ1v) is 10.8. The third-order valence-electron chi connectivity index (χ3n) is 6.13. The van der Waals surface area contributed by atoms with E-state index in [1.165, 1.54) is 6.20 Å². The molecule has 1 saturated heterocycles.